The second-order valence-corrected chi connectivity index (χ2v) is 5.97. The highest BCUT2D eigenvalue weighted by atomic mass is 16.2. The lowest BCUT2D eigenvalue weighted by Gasteiger charge is -2.35. The van der Waals surface area contributed by atoms with E-state index in [4.69, 9.17) is 5.73 Å². The van der Waals surface area contributed by atoms with E-state index >= 15 is 0 Å². The average Bonchev–Trinajstić information content (AvgIpc) is 2.92. The van der Waals surface area contributed by atoms with Crippen molar-refractivity contribution in [2.45, 2.75) is 50.5 Å². The summed E-state index contributed by atoms with van der Waals surface area (Å²) in [4.78, 5) is 27.8. The van der Waals surface area contributed by atoms with Crippen LogP contribution in [0.15, 0.2) is 0 Å². The fourth-order valence-electron chi connectivity index (χ4n) is 3.12. The Hall–Kier alpha value is -1.10. The number of hydrogen-bond donors (Lipinski definition) is 1. The van der Waals surface area contributed by atoms with Crippen LogP contribution in [0.5, 0.6) is 0 Å². The lowest BCUT2D eigenvalue weighted by molar-refractivity contribution is -0.142. The van der Waals surface area contributed by atoms with Gasteiger partial charge in [0.1, 0.15) is 0 Å². The molecule has 1 saturated heterocycles. The normalized spacial score (nSPS) is 22.3. The van der Waals surface area contributed by atoms with E-state index in [2.05, 4.69) is 0 Å². The van der Waals surface area contributed by atoms with Gasteiger partial charge in [-0.1, -0.05) is 19.3 Å². The molecule has 5 nitrogen and oxygen atoms in total. The molecule has 2 rings (SSSR count). The number of carbonyl (C=O) groups excluding carboxylic acids is 2. The van der Waals surface area contributed by atoms with Crippen molar-refractivity contribution in [1.29, 1.82) is 0 Å². The first-order valence-corrected chi connectivity index (χ1v) is 7.35. The summed E-state index contributed by atoms with van der Waals surface area (Å²) in [6, 6.07) is 0. The molecule has 19 heavy (non-hydrogen) atoms. The van der Waals surface area contributed by atoms with Crippen molar-refractivity contribution in [2.24, 2.45) is 5.73 Å². The van der Waals surface area contributed by atoms with Crippen LogP contribution in [-0.4, -0.2) is 53.8 Å². The first-order valence-electron chi connectivity index (χ1n) is 7.35. The third-order valence-corrected chi connectivity index (χ3v) is 4.35. The van der Waals surface area contributed by atoms with Gasteiger partial charge in [0.05, 0.1) is 12.1 Å². The highest BCUT2D eigenvalue weighted by Crippen LogP contribution is 2.27. The van der Waals surface area contributed by atoms with Crippen LogP contribution >= 0.6 is 0 Å². The molecule has 1 aliphatic heterocycles. The molecule has 0 aromatic carbocycles. The van der Waals surface area contributed by atoms with Crippen molar-refractivity contribution in [3.63, 3.8) is 0 Å². The maximum Gasteiger partial charge on any atom is 0.242 e. The smallest absolute Gasteiger partial charge is 0.242 e. The summed E-state index contributed by atoms with van der Waals surface area (Å²) in [7, 11) is 1.69. The minimum atomic E-state index is -0.738. The van der Waals surface area contributed by atoms with Crippen molar-refractivity contribution in [2.75, 3.05) is 26.7 Å². The highest BCUT2D eigenvalue weighted by molar-refractivity contribution is 5.90. The number of likely N-dealkylation sites (N-methyl/N-ethyl adjacent to an activating group) is 1. The Morgan fingerprint density at radius 2 is 1.68 bits per heavy atom. The second-order valence-electron chi connectivity index (χ2n) is 5.97. The van der Waals surface area contributed by atoms with Crippen LogP contribution in [-0.2, 0) is 9.59 Å². The van der Waals surface area contributed by atoms with Gasteiger partial charge in [0.2, 0.25) is 11.8 Å². The summed E-state index contributed by atoms with van der Waals surface area (Å²) in [6.07, 6.45) is 6.81. The van der Waals surface area contributed by atoms with Gasteiger partial charge >= 0.3 is 0 Å². The molecule has 2 amide bonds. The molecule has 2 fully saturated rings. The SMILES string of the molecule is CN(CC(=O)N1CCCC1)C(=O)C1(N)CCCCC1. The third kappa shape index (κ3) is 3.26. The Balaban J connectivity index is 1.89. The van der Waals surface area contributed by atoms with Gasteiger partial charge in [-0.3, -0.25) is 9.59 Å². The van der Waals surface area contributed by atoms with Gasteiger partial charge in [0, 0.05) is 20.1 Å². The van der Waals surface area contributed by atoms with E-state index in [1.807, 2.05) is 4.90 Å². The standard InChI is InChI=1S/C14H25N3O2/c1-16(11-12(18)17-9-5-6-10-17)13(19)14(15)7-3-2-4-8-14/h2-11,15H2,1H3. The van der Waals surface area contributed by atoms with Crippen LogP contribution in [0.1, 0.15) is 44.9 Å². The topological polar surface area (TPSA) is 66.6 Å². The lowest BCUT2D eigenvalue weighted by Crippen LogP contribution is -2.56. The molecule has 0 unspecified atom stereocenters. The van der Waals surface area contributed by atoms with Gasteiger partial charge < -0.3 is 15.5 Å². The van der Waals surface area contributed by atoms with Gasteiger partial charge in [-0.15, -0.1) is 0 Å². The molecule has 0 atom stereocenters. The van der Waals surface area contributed by atoms with Gasteiger partial charge in [0.25, 0.3) is 0 Å². The van der Waals surface area contributed by atoms with Crippen LogP contribution in [0, 0.1) is 0 Å². The number of rotatable bonds is 3. The highest BCUT2D eigenvalue weighted by Gasteiger charge is 2.38. The lowest BCUT2D eigenvalue weighted by atomic mass is 9.81. The van der Waals surface area contributed by atoms with Crippen molar-refractivity contribution in [3.8, 4) is 0 Å². The Kier molecular flexibility index (Phi) is 4.45. The van der Waals surface area contributed by atoms with E-state index in [0.29, 0.717) is 0 Å². The zero-order valence-electron chi connectivity index (χ0n) is 11.9. The summed E-state index contributed by atoms with van der Waals surface area (Å²) < 4.78 is 0. The molecular weight excluding hydrogens is 242 g/mol. The Morgan fingerprint density at radius 1 is 1.11 bits per heavy atom. The predicted molar refractivity (Wildman–Crippen MR) is 73.5 cm³/mol. The minimum absolute atomic E-state index is 0.0489. The summed E-state index contributed by atoms with van der Waals surface area (Å²) in [5, 5.41) is 0. The number of carbonyl (C=O) groups is 2. The maximum atomic E-state index is 12.4. The quantitative estimate of drug-likeness (QED) is 0.819. The number of hydrogen-bond acceptors (Lipinski definition) is 3. The first-order chi connectivity index (χ1) is 9.03. The number of nitrogens with zero attached hydrogens (tertiary/aromatic N) is 2. The second kappa shape index (κ2) is 5.90. The molecule has 1 saturated carbocycles. The van der Waals surface area contributed by atoms with Crippen molar-refractivity contribution >= 4 is 11.8 Å². The Morgan fingerprint density at radius 3 is 2.26 bits per heavy atom. The first kappa shape index (κ1) is 14.3. The van der Waals surface area contributed by atoms with E-state index in [9.17, 15) is 9.59 Å². The number of nitrogens with two attached hydrogens (primary N) is 1. The molecule has 108 valence electrons. The van der Waals surface area contributed by atoms with Crippen LogP contribution in [0.2, 0.25) is 0 Å². The molecule has 0 spiro atoms. The average molecular weight is 267 g/mol. The molecule has 1 heterocycles. The Bertz CT molecular complexity index is 345. The van der Waals surface area contributed by atoms with Gasteiger partial charge in [0.15, 0.2) is 0 Å². The fraction of sp³-hybridized carbons (Fsp3) is 0.857. The van der Waals surface area contributed by atoms with Crippen molar-refractivity contribution < 1.29 is 9.59 Å². The molecule has 0 aromatic heterocycles. The molecule has 2 aliphatic rings. The van der Waals surface area contributed by atoms with E-state index < -0.39 is 5.54 Å². The largest absolute Gasteiger partial charge is 0.341 e. The molecule has 0 bridgehead atoms. The van der Waals surface area contributed by atoms with Crippen molar-refractivity contribution in [1.82, 2.24) is 9.80 Å². The molecular formula is C14H25N3O2. The number of amides is 2. The molecule has 2 N–H and O–H groups in total. The summed E-state index contributed by atoms with van der Waals surface area (Å²) in [6.45, 7) is 1.82. The summed E-state index contributed by atoms with van der Waals surface area (Å²) >= 11 is 0. The predicted octanol–water partition coefficient (Wildman–Crippen LogP) is 0.729. The molecule has 0 radical (unpaired) electrons. The Labute approximate surface area is 115 Å². The summed E-state index contributed by atoms with van der Waals surface area (Å²) in [5.74, 6) is -0.0208. The van der Waals surface area contributed by atoms with Gasteiger partial charge in [-0.25, -0.2) is 0 Å². The molecule has 0 aromatic rings. The van der Waals surface area contributed by atoms with E-state index in [-0.39, 0.29) is 18.4 Å². The zero-order chi connectivity index (χ0) is 13.9. The van der Waals surface area contributed by atoms with Crippen molar-refractivity contribution in [3.05, 3.63) is 0 Å². The molecule has 5 heteroatoms. The number of likely N-dealkylation sites (tertiary alicyclic amines) is 1. The summed E-state index contributed by atoms with van der Waals surface area (Å²) in [5.41, 5.74) is 5.48. The van der Waals surface area contributed by atoms with E-state index in [1.165, 1.54) is 4.90 Å². The third-order valence-electron chi connectivity index (χ3n) is 4.35. The van der Waals surface area contributed by atoms with Gasteiger partial charge in [-0.05, 0) is 25.7 Å². The van der Waals surface area contributed by atoms with E-state index in [1.54, 1.807) is 7.05 Å². The minimum Gasteiger partial charge on any atom is -0.341 e. The zero-order valence-corrected chi connectivity index (χ0v) is 11.9. The monoisotopic (exact) mass is 267 g/mol. The van der Waals surface area contributed by atoms with E-state index in [0.717, 1.165) is 58.0 Å². The van der Waals surface area contributed by atoms with Crippen LogP contribution in [0.4, 0.5) is 0 Å². The fourth-order valence-corrected chi connectivity index (χ4v) is 3.12. The van der Waals surface area contributed by atoms with Gasteiger partial charge in [-0.2, -0.15) is 0 Å². The molecule has 1 aliphatic carbocycles. The van der Waals surface area contributed by atoms with Crippen LogP contribution in [0.25, 0.3) is 0 Å². The van der Waals surface area contributed by atoms with Crippen LogP contribution < -0.4 is 5.73 Å². The maximum absolute atomic E-state index is 12.4. The van der Waals surface area contributed by atoms with Crippen LogP contribution in [0.3, 0.4) is 0 Å².